The lowest BCUT2D eigenvalue weighted by Crippen LogP contribution is -2.02. The highest BCUT2D eigenvalue weighted by Gasteiger charge is 2.12. The first kappa shape index (κ1) is 11.5. The van der Waals surface area contributed by atoms with E-state index in [1.54, 1.807) is 36.7 Å². The minimum absolute atomic E-state index is 0.0779. The number of rotatable bonds is 2. The molecule has 2 aromatic rings. The number of carbonyl (C=O) groups is 1. The van der Waals surface area contributed by atoms with Gasteiger partial charge in [-0.3, -0.25) is 9.78 Å². The van der Waals surface area contributed by atoms with E-state index in [4.69, 9.17) is 11.6 Å². The van der Waals surface area contributed by atoms with Crippen molar-refractivity contribution in [1.82, 2.24) is 4.98 Å². The number of halogens is 2. The van der Waals surface area contributed by atoms with Crippen LogP contribution >= 0.6 is 34.2 Å². The third kappa shape index (κ3) is 2.41. The van der Waals surface area contributed by atoms with Crippen molar-refractivity contribution >= 4 is 40.0 Å². The summed E-state index contributed by atoms with van der Waals surface area (Å²) in [6.07, 6.45) is 3.18. The van der Waals surface area contributed by atoms with Crippen LogP contribution in [0, 0.1) is 3.57 Å². The molecule has 0 bridgehead atoms. The van der Waals surface area contributed by atoms with E-state index < -0.39 is 0 Å². The number of aromatic nitrogens is 1. The Morgan fingerprint density at radius 1 is 1.19 bits per heavy atom. The van der Waals surface area contributed by atoms with Crippen LogP contribution in [0.1, 0.15) is 15.9 Å². The Balaban J connectivity index is 2.46. The molecular formula is C12H7ClINO. The van der Waals surface area contributed by atoms with Gasteiger partial charge in [0.1, 0.15) is 0 Å². The van der Waals surface area contributed by atoms with Crippen LogP contribution in [0.3, 0.4) is 0 Å². The van der Waals surface area contributed by atoms with Crippen molar-refractivity contribution in [3.05, 3.63) is 62.4 Å². The number of nitrogens with zero attached hydrogens (tertiary/aromatic N) is 1. The van der Waals surface area contributed by atoms with Gasteiger partial charge in [0.05, 0.1) is 5.02 Å². The highest BCUT2D eigenvalue weighted by Crippen LogP contribution is 2.21. The second-order valence-electron chi connectivity index (χ2n) is 3.19. The van der Waals surface area contributed by atoms with Gasteiger partial charge in [-0.1, -0.05) is 11.6 Å². The van der Waals surface area contributed by atoms with Gasteiger partial charge in [-0.05, 0) is 52.9 Å². The molecular weight excluding hydrogens is 336 g/mol. The van der Waals surface area contributed by atoms with E-state index >= 15 is 0 Å². The first-order chi connectivity index (χ1) is 7.68. The zero-order valence-electron chi connectivity index (χ0n) is 8.15. The molecule has 1 heterocycles. The summed E-state index contributed by atoms with van der Waals surface area (Å²) in [5.74, 6) is -0.0779. The number of pyridine rings is 1. The molecule has 0 spiro atoms. The second-order valence-corrected chi connectivity index (χ2v) is 4.84. The fourth-order valence-corrected chi connectivity index (χ4v) is 2.02. The van der Waals surface area contributed by atoms with Crippen molar-refractivity contribution in [2.75, 3.05) is 0 Å². The van der Waals surface area contributed by atoms with E-state index in [0.29, 0.717) is 16.1 Å². The molecule has 2 nitrogen and oxygen atoms in total. The molecule has 0 aliphatic rings. The average Bonchev–Trinajstić information content (AvgIpc) is 2.32. The van der Waals surface area contributed by atoms with Crippen LogP contribution in [-0.2, 0) is 0 Å². The van der Waals surface area contributed by atoms with Crippen LogP contribution in [0.4, 0.5) is 0 Å². The molecule has 0 saturated heterocycles. The average molecular weight is 344 g/mol. The number of carbonyl (C=O) groups excluding carboxylic acids is 1. The quantitative estimate of drug-likeness (QED) is 0.616. The monoisotopic (exact) mass is 343 g/mol. The summed E-state index contributed by atoms with van der Waals surface area (Å²) in [7, 11) is 0. The Morgan fingerprint density at radius 2 is 1.88 bits per heavy atom. The molecule has 0 N–H and O–H groups in total. The van der Waals surface area contributed by atoms with Crippen LogP contribution in [0.5, 0.6) is 0 Å². The van der Waals surface area contributed by atoms with Gasteiger partial charge in [-0.25, -0.2) is 0 Å². The maximum atomic E-state index is 12.1. The summed E-state index contributed by atoms with van der Waals surface area (Å²) in [6.45, 7) is 0. The number of ketones is 1. The van der Waals surface area contributed by atoms with E-state index in [-0.39, 0.29) is 5.78 Å². The van der Waals surface area contributed by atoms with Crippen molar-refractivity contribution in [2.24, 2.45) is 0 Å². The minimum Gasteiger partial charge on any atom is -0.289 e. The van der Waals surface area contributed by atoms with Crippen LogP contribution in [0.25, 0.3) is 0 Å². The van der Waals surface area contributed by atoms with Crippen molar-refractivity contribution in [3.63, 3.8) is 0 Å². The van der Waals surface area contributed by atoms with Gasteiger partial charge in [0.25, 0.3) is 0 Å². The summed E-state index contributed by atoms with van der Waals surface area (Å²) < 4.78 is 0.986. The van der Waals surface area contributed by atoms with Crippen molar-refractivity contribution < 1.29 is 4.79 Å². The second kappa shape index (κ2) is 4.93. The lowest BCUT2D eigenvalue weighted by atomic mass is 10.0. The van der Waals surface area contributed by atoms with Gasteiger partial charge in [0, 0.05) is 27.1 Å². The van der Waals surface area contributed by atoms with Crippen LogP contribution < -0.4 is 0 Å². The molecule has 4 heteroatoms. The van der Waals surface area contributed by atoms with Gasteiger partial charge in [0.15, 0.2) is 5.78 Å². The summed E-state index contributed by atoms with van der Waals surface area (Å²) in [6, 6.07) is 8.74. The molecule has 1 aromatic carbocycles. The van der Waals surface area contributed by atoms with Crippen LogP contribution in [0.15, 0.2) is 42.7 Å². The lowest BCUT2D eigenvalue weighted by molar-refractivity contribution is 0.103. The Kier molecular flexibility index (Phi) is 3.56. The Labute approximate surface area is 112 Å². The zero-order chi connectivity index (χ0) is 11.5. The molecule has 80 valence electrons. The van der Waals surface area contributed by atoms with Gasteiger partial charge >= 0.3 is 0 Å². The smallest absolute Gasteiger partial charge is 0.194 e. The Bertz CT molecular complexity index is 528. The third-order valence-electron chi connectivity index (χ3n) is 2.12. The van der Waals surface area contributed by atoms with Crippen LogP contribution in [0.2, 0.25) is 5.02 Å². The first-order valence-corrected chi connectivity index (χ1v) is 6.04. The predicted octanol–water partition coefficient (Wildman–Crippen LogP) is 3.57. The highest BCUT2D eigenvalue weighted by molar-refractivity contribution is 14.1. The van der Waals surface area contributed by atoms with E-state index in [0.717, 1.165) is 3.57 Å². The van der Waals surface area contributed by atoms with E-state index in [2.05, 4.69) is 27.6 Å². The molecule has 0 unspecified atom stereocenters. The summed E-state index contributed by atoms with van der Waals surface area (Å²) in [4.78, 5) is 16.0. The fraction of sp³-hybridized carbons (Fsp3) is 0. The molecule has 0 aliphatic carbocycles. The standard InChI is InChI=1S/C12H7ClINO/c13-11-2-1-9(14)7-10(11)12(16)8-3-5-15-6-4-8/h1-7H. The molecule has 0 amide bonds. The number of hydrogen-bond acceptors (Lipinski definition) is 2. The Hall–Kier alpha value is -0.940. The summed E-state index contributed by atoms with van der Waals surface area (Å²) in [5.41, 5.74) is 1.12. The molecule has 0 saturated carbocycles. The van der Waals surface area contributed by atoms with Crippen molar-refractivity contribution in [3.8, 4) is 0 Å². The molecule has 2 rings (SSSR count). The van der Waals surface area contributed by atoms with Gasteiger partial charge in [0.2, 0.25) is 0 Å². The minimum atomic E-state index is -0.0779. The maximum absolute atomic E-state index is 12.1. The lowest BCUT2D eigenvalue weighted by Gasteiger charge is -2.03. The molecule has 0 radical (unpaired) electrons. The predicted molar refractivity (Wildman–Crippen MR) is 71.8 cm³/mol. The third-order valence-corrected chi connectivity index (χ3v) is 3.12. The zero-order valence-corrected chi connectivity index (χ0v) is 11.1. The van der Waals surface area contributed by atoms with E-state index in [9.17, 15) is 4.79 Å². The van der Waals surface area contributed by atoms with Gasteiger partial charge in [-0.15, -0.1) is 0 Å². The van der Waals surface area contributed by atoms with Gasteiger partial charge < -0.3 is 0 Å². The molecule has 1 aromatic heterocycles. The van der Waals surface area contributed by atoms with E-state index in [1.165, 1.54) is 0 Å². The largest absolute Gasteiger partial charge is 0.289 e. The first-order valence-electron chi connectivity index (χ1n) is 4.58. The molecule has 0 aliphatic heterocycles. The van der Waals surface area contributed by atoms with Crippen molar-refractivity contribution in [2.45, 2.75) is 0 Å². The number of hydrogen-bond donors (Lipinski definition) is 0. The van der Waals surface area contributed by atoms with Gasteiger partial charge in [-0.2, -0.15) is 0 Å². The summed E-state index contributed by atoms with van der Waals surface area (Å²) >= 11 is 8.15. The normalized spacial score (nSPS) is 10.1. The summed E-state index contributed by atoms with van der Waals surface area (Å²) in [5, 5.41) is 0.474. The maximum Gasteiger partial charge on any atom is 0.194 e. The topological polar surface area (TPSA) is 30.0 Å². The highest BCUT2D eigenvalue weighted by atomic mass is 127. The van der Waals surface area contributed by atoms with E-state index in [1.807, 2.05) is 6.07 Å². The molecule has 16 heavy (non-hydrogen) atoms. The molecule has 0 fully saturated rings. The number of benzene rings is 1. The fourth-order valence-electron chi connectivity index (χ4n) is 1.33. The van der Waals surface area contributed by atoms with Crippen LogP contribution in [-0.4, -0.2) is 10.8 Å². The molecule has 0 atom stereocenters. The van der Waals surface area contributed by atoms with Crippen molar-refractivity contribution in [1.29, 1.82) is 0 Å². The Morgan fingerprint density at radius 3 is 2.56 bits per heavy atom. The SMILES string of the molecule is O=C(c1ccncc1)c1cc(I)ccc1Cl.